The van der Waals surface area contributed by atoms with E-state index in [1.165, 1.54) is 24.0 Å². The fraction of sp³-hybridized carbons (Fsp3) is 0.471. The maximum Gasteiger partial charge on any atom is 0.185 e. The number of fused-ring (bicyclic) bond motifs is 1. The van der Waals surface area contributed by atoms with Crippen LogP contribution in [0.4, 0.5) is 5.13 Å². The first kappa shape index (κ1) is 14.5. The van der Waals surface area contributed by atoms with Crippen LogP contribution in [0.15, 0.2) is 29.6 Å². The van der Waals surface area contributed by atoms with E-state index in [-0.39, 0.29) is 0 Å². The second kappa shape index (κ2) is 6.58. The molecule has 0 bridgehead atoms. The molecule has 1 unspecified atom stereocenters. The highest BCUT2D eigenvalue weighted by molar-refractivity contribution is 7.13. The predicted molar refractivity (Wildman–Crippen MR) is 90.0 cm³/mol. The number of hydrogen-bond donors (Lipinski definition) is 1. The summed E-state index contributed by atoms with van der Waals surface area (Å²) in [4.78, 5) is 7.28. The molecule has 0 saturated heterocycles. The van der Waals surface area contributed by atoms with E-state index in [9.17, 15) is 0 Å². The van der Waals surface area contributed by atoms with E-state index in [1.807, 2.05) is 0 Å². The molecule has 1 atom stereocenters. The van der Waals surface area contributed by atoms with Gasteiger partial charge in [0, 0.05) is 24.5 Å². The smallest absolute Gasteiger partial charge is 0.185 e. The number of anilines is 1. The highest BCUT2D eigenvalue weighted by Crippen LogP contribution is 2.28. The zero-order chi connectivity index (χ0) is 14.7. The largest absolute Gasteiger partial charge is 0.344 e. The summed E-state index contributed by atoms with van der Waals surface area (Å²) in [6.07, 6.45) is 2.38. The molecule has 1 aliphatic rings. The minimum Gasteiger partial charge on any atom is -0.344 e. The first-order chi connectivity index (χ1) is 10.3. The predicted octanol–water partition coefficient (Wildman–Crippen LogP) is 3.77. The second-order valence-corrected chi connectivity index (χ2v) is 6.46. The lowest BCUT2D eigenvalue weighted by Gasteiger charge is -2.20. The first-order valence-corrected chi connectivity index (χ1v) is 8.66. The molecule has 21 heavy (non-hydrogen) atoms. The summed E-state index contributed by atoms with van der Waals surface area (Å²) in [6, 6.07) is 9.14. The van der Waals surface area contributed by atoms with Crippen LogP contribution in [-0.4, -0.2) is 18.1 Å². The van der Waals surface area contributed by atoms with Crippen molar-refractivity contribution in [1.29, 1.82) is 0 Å². The maximum atomic E-state index is 4.85. The molecular weight excluding hydrogens is 278 g/mol. The average Bonchev–Trinajstić information content (AvgIpc) is 2.88. The third-order valence-electron chi connectivity index (χ3n) is 4.09. The SMILES string of the molecule is CCNC(C)c1csc(N2CCCc3ccccc3C2)n1. The Morgan fingerprint density at radius 3 is 2.95 bits per heavy atom. The van der Waals surface area contributed by atoms with Crippen LogP contribution in [-0.2, 0) is 13.0 Å². The lowest BCUT2D eigenvalue weighted by molar-refractivity contribution is 0.585. The third-order valence-corrected chi connectivity index (χ3v) is 5.01. The zero-order valence-corrected chi connectivity index (χ0v) is 13.6. The van der Waals surface area contributed by atoms with Gasteiger partial charge in [0.15, 0.2) is 5.13 Å². The van der Waals surface area contributed by atoms with Gasteiger partial charge in [0.1, 0.15) is 0 Å². The Morgan fingerprint density at radius 2 is 2.14 bits per heavy atom. The van der Waals surface area contributed by atoms with Gasteiger partial charge in [-0.2, -0.15) is 0 Å². The summed E-state index contributed by atoms with van der Waals surface area (Å²) in [5.41, 5.74) is 4.11. The molecule has 1 aromatic carbocycles. The van der Waals surface area contributed by atoms with Crippen LogP contribution in [0.2, 0.25) is 0 Å². The molecule has 112 valence electrons. The van der Waals surface area contributed by atoms with Gasteiger partial charge in [-0.05, 0) is 37.4 Å². The Balaban J connectivity index is 1.78. The van der Waals surface area contributed by atoms with Crippen LogP contribution < -0.4 is 10.2 Å². The van der Waals surface area contributed by atoms with Crippen molar-refractivity contribution in [2.24, 2.45) is 0 Å². The summed E-state index contributed by atoms with van der Waals surface area (Å²) in [5, 5.41) is 6.78. The average molecular weight is 301 g/mol. The Kier molecular flexibility index (Phi) is 4.56. The topological polar surface area (TPSA) is 28.2 Å². The van der Waals surface area contributed by atoms with Crippen LogP contribution >= 0.6 is 11.3 Å². The monoisotopic (exact) mass is 301 g/mol. The Labute approximate surface area is 131 Å². The van der Waals surface area contributed by atoms with Crippen LogP contribution in [0.5, 0.6) is 0 Å². The molecule has 0 saturated carbocycles. The van der Waals surface area contributed by atoms with E-state index >= 15 is 0 Å². The van der Waals surface area contributed by atoms with Crippen molar-refractivity contribution in [1.82, 2.24) is 10.3 Å². The number of thiazole rings is 1. The number of hydrogen-bond acceptors (Lipinski definition) is 4. The maximum absolute atomic E-state index is 4.85. The summed E-state index contributed by atoms with van der Waals surface area (Å²) < 4.78 is 0. The quantitative estimate of drug-likeness (QED) is 0.932. The van der Waals surface area contributed by atoms with E-state index < -0.39 is 0 Å². The molecule has 3 nitrogen and oxygen atoms in total. The van der Waals surface area contributed by atoms with Crippen molar-refractivity contribution in [3.8, 4) is 0 Å². The molecule has 0 radical (unpaired) electrons. The van der Waals surface area contributed by atoms with E-state index in [0.717, 1.165) is 30.5 Å². The number of nitrogens with one attached hydrogen (secondary N) is 1. The van der Waals surface area contributed by atoms with Crippen molar-refractivity contribution in [2.45, 2.75) is 39.3 Å². The van der Waals surface area contributed by atoms with Crippen molar-refractivity contribution >= 4 is 16.5 Å². The Hall–Kier alpha value is -1.39. The van der Waals surface area contributed by atoms with Gasteiger partial charge in [-0.3, -0.25) is 0 Å². The zero-order valence-electron chi connectivity index (χ0n) is 12.8. The normalized spacial score (nSPS) is 16.4. The molecule has 0 spiro atoms. The van der Waals surface area contributed by atoms with Crippen LogP contribution in [0, 0.1) is 0 Å². The van der Waals surface area contributed by atoms with Gasteiger partial charge >= 0.3 is 0 Å². The molecule has 0 aliphatic carbocycles. The molecule has 1 aliphatic heterocycles. The number of rotatable bonds is 4. The summed E-state index contributed by atoms with van der Waals surface area (Å²) in [5.74, 6) is 0. The van der Waals surface area contributed by atoms with Crippen molar-refractivity contribution in [3.05, 3.63) is 46.5 Å². The molecule has 2 aromatic rings. The van der Waals surface area contributed by atoms with Gasteiger partial charge in [0.05, 0.1) is 5.69 Å². The highest BCUT2D eigenvalue weighted by Gasteiger charge is 2.18. The third kappa shape index (κ3) is 3.27. The van der Waals surface area contributed by atoms with Gasteiger partial charge in [-0.25, -0.2) is 4.98 Å². The number of nitrogens with zero attached hydrogens (tertiary/aromatic N) is 2. The van der Waals surface area contributed by atoms with Crippen LogP contribution in [0.25, 0.3) is 0 Å². The van der Waals surface area contributed by atoms with Gasteiger partial charge in [-0.15, -0.1) is 11.3 Å². The number of aromatic nitrogens is 1. The lowest BCUT2D eigenvalue weighted by Crippen LogP contribution is -2.23. The molecule has 4 heteroatoms. The molecule has 2 heterocycles. The minimum atomic E-state index is 0.333. The summed E-state index contributed by atoms with van der Waals surface area (Å²) in [7, 11) is 0. The van der Waals surface area contributed by atoms with Gasteiger partial charge in [-0.1, -0.05) is 31.2 Å². The van der Waals surface area contributed by atoms with Gasteiger partial charge in [0.25, 0.3) is 0 Å². The van der Waals surface area contributed by atoms with E-state index in [2.05, 4.69) is 53.7 Å². The number of benzene rings is 1. The van der Waals surface area contributed by atoms with Gasteiger partial charge < -0.3 is 10.2 Å². The van der Waals surface area contributed by atoms with E-state index in [0.29, 0.717) is 6.04 Å². The fourth-order valence-corrected chi connectivity index (χ4v) is 3.84. The molecule has 0 fully saturated rings. The van der Waals surface area contributed by atoms with Crippen molar-refractivity contribution in [3.63, 3.8) is 0 Å². The van der Waals surface area contributed by atoms with Crippen molar-refractivity contribution < 1.29 is 0 Å². The minimum absolute atomic E-state index is 0.333. The standard InChI is InChI=1S/C17H23N3S/c1-3-18-13(2)16-12-21-17(19-16)20-10-6-9-14-7-4-5-8-15(14)11-20/h4-5,7-8,12-13,18H,3,6,9-11H2,1-2H3. The molecule has 0 amide bonds. The second-order valence-electron chi connectivity index (χ2n) is 5.63. The van der Waals surface area contributed by atoms with E-state index in [4.69, 9.17) is 4.98 Å². The number of aryl methyl sites for hydroxylation is 1. The molecular formula is C17H23N3S. The molecule has 3 rings (SSSR count). The van der Waals surface area contributed by atoms with Gasteiger partial charge in [0.2, 0.25) is 0 Å². The molecule has 1 aromatic heterocycles. The van der Waals surface area contributed by atoms with Crippen LogP contribution in [0.3, 0.4) is 0 Å². The highest BCUT2D eigenvalue weighted by atomic mass is 32.1. The fourth-order valence-electron chi connectivity index (χ4n) is 2.90. The van der Waals surface area contributed by atoms with Crippen LogP contribution in [0.1, 0.15) is 43.1 Å². The Morgan fingerprint density at radius 1 is 1.33 bits per heavy atom. The lowest BCUT2D eigenvalue weighted by atomic mass is 10.0. The Bertz CT molecular complexity index is 593. The first-order valence-electron chi connectivity index (χ1n) is 7.78. The van der Waals surface area contributed by atoms with Crippen molar-refractivity contribution in [2.75, 3.05) is 18.0 Å². The molecule has 1 N–H and O–H groups in total. The van der Waals surface area contributed by atoms with E-state index in [1.54, 1.807) is 11.3 Å². The summed E-state index contributed by atoms with van der Waals surface area (Å²) >= 11 is 1.77. The summed E-state index contributed by atoms with van der Waals surface area (Å²) in [6.45, 7) is 7.37.